The Balaban J connectivity index is 1.83. The Labute approximate surface area is 162 Å². The molecule has 1 aliphatic rings. The van der Waals surface area contributed by atoms with Gasteiger partial charge >= 0.3 is 0 Å². The van der Waals surface area contributed by atoms with Crippen LogP contribution in [0.1, 0.15) is 30.8 Å². The first kappa shape index (κ1) is 18.3. The van der Waals surface area contributed by atoms with Crippen LogP contribution in [0.25, 0.3) is 11.0 Å². The van der Waals surface area contributed by atoms with E-state index < -0.39 is 0 Å². The van der Waals surface area contributed by atoms with Gasteiger partial charge in [0.25, 0.3) is 0 Å². The van der Waals surface area contributed by atoms with Crippen LogP contribution in [-0.2, 0) is 11.8 Å². The van der Waals surface area contributed by atoms with E-state index in [4.69, 9.17) is 4.74 Å². The van der Waals surface area contributed by atoms with Gasteiger partial charge in [-0.2, -0.15) is 0 Å². The molecule has 1 aliphatic heterocycles. The van der Waals surface area contributed by atoms with E-state index >= 15 is 0 Å². The van der Waals surface area contributed by atoms with Gasteiger partial charge in [-0.05, 0) is 31.2 Å². The number of halogens is 1. The van der Waals surface area contributed by atoms with E-state index in [0.717, 1.165) is 28.2 Å². The second-order valence-corrected chi connectivity index (χ2v) is 7.14. The van der Waals surface area contributed by atoms with Gasteiger partial charge < -0.3 is 19.5 Å². The van der Waals surface area contributed by atoms with Gasteiger partial charge in [-0.25, -0.2) is 9.37 Å². The van der Waals surface area contributed by atoms with Crippen molar-refractivity contribution in [1.29, 1.82) is 0 Å². The van der Waals surface area contributed by atoms with Crippen molar-refractivity contribution in [3.8, 4) is 5.75 Å². The number of aryl methyl sites for hydroxylation is 2. The van der Waals surface area contributed by atoms with E-state index in [-0.39, 0.29) is 17.8 Å². The van der Waals surface area contributed by atoms with Crippen molar-refractivity contribution < 1.29 is 13.9 Å². The molecule has 0 bridgehead atoms. The third-order valence-corrected chi connectivity index (χ3v) is 5.41. The van der Waals surface area contributed by atoms with E-state index in [2.05, 4.69) is 10.3 Å². The van der Waals surface area contributed by atoms with Crippen LogP contribution in [0, 0.1) is 12.7 Å². The molecule has 1 N–H and O–H groups in total. The summed E-state index contributed by atoms with van der Waals surface area (Å²) in [6.07, 6.45) is 0.633. The van der Waals surface area contributed by atoms with Crippen LogP contribution in [0.15, 0.2) is 30.3 Å². The lowest BCUT2D eigenvalue weighted by molar-refractivity contribution is -0.116. The number of benzene rings is 2. The van der Waals surface area contributed by atoms with E-state index in [0.29, 0.717) is 24.3 Å². The highest BCUT2D eigenvalue weighted by atomic mass is 19.1. The Hall–Kier alpha value is -3.09. The van der Waals surface area contributed by atoms with Crippen LogP contribution in [0.5, 0.6) is 5.75 Å². The van der Waals surface area contributed by atoms with Crippen LogP contribution in [0.4, 0.5) is 15.8 Å². The highest BCUT2D eigenvalue weighted by molar-refractivity contribution is 5.98. The number of nitrogens with zero attached hydrogens (tertiary/aromatic N) is 3. The number of amides is 1. The quantitative estimate of drug-likeness (QED) is 0.745. The molecule has 0 aliphatic carbocycles. The fraction of sp³-hybridized carbons (Fsp3) is 0.333. The van der Waals surface area contributed by atoms with Crippen LogP contribution in [0.2, 0.25) is 0 Å². The molecule has 2 heterocycles. The molecule has 0 fully saturated rings. The van der Waals surface area contributed by atoms with Gasteiger partial charge in [0, 0.05) is 33.1 Å². The van der Waals surface area contributed by atoms with Crippen molar-refractivity contribution in [3.63, 3.8) is 0 Å². The molecule has 0 saturated carbocycles. The molecule has 6 nitrogen and oxygen atoms in total. The topological polar surface area (TPSA) is 59.4 Å². The maximum absolute atomic E-state index is 14.5. The molecule has 0 spiro atoms. The number of anilines is 2. The lowest BCUT2D eigenvalue weighted by atomic mass is 9.99. The third-order valence-electron chi connectivity index (χ3n) is 5.41. The SMILES string of the molecule is CC(=O)N(C)c1cc(NC2CCOc3cccc(F)c32)c2nc(C)n(C)c2c1. The number of hydrogen-bond acceptors (Lipinski definition) is 4. The Kier molecular flexibility index (Phi) is 4.45. The minimum Gasteiger partial charge on any atom is -0.493 e. The summed E-state index contributed by atoms with van der Waals surface area (Å²) in [5.74, 6) is 1.07. The highest BCUT2D eigenvalue weighted by Crippen LogP contribution is 2.38. The number of fused-ring (bicyclic) bond motifs is 2. The summed E-state index contributed by atoms with van der Waals surface area (Å²) in [6.45, 7) is 3.96. The fourth-order valence-corrected chi connectivity index (χ4v) is 3.62. The molecule has 7 heteroatoms. The molecule has 2 aromatic carbocycles. The normalized spacial score (nSPS) is 15.8. The first-order chi connectivity index (χ1) is 13.4. The third kappa shape index (κ3) is 2.96. The number of hydrogen-bond donors (Lipinski definition) is 1. The second-order valence-electron chi connectivity index (χ2n) is 7.14. The lowest BCUT2D eigenvalue weighted by Gasteiger charge is -2.28. The van der Waals surface area contributed by atoms with Gasteiger partial charge in [0.05, 0.1) is 29.4 Å². The second kappa shape index (κ2) is 6.82. The van der Waals surface area contributed by atoms with Gasteiger partial charge in [-0.3, -0.25) is 4.79 Å². The van der Waals surface area contributed by atoms with Crippen LogP contribution >= 0.6 is 0 Å². The zero-order chi connectivity index (χ0) is 20.0. The van der Waals surface area contributed by atoms with Gasteiger partial charge in [0.15, 0.2) is 0 Å². The molecule has 1 amide bonds. The zero-order valence-electron chi connectivity index (χ0n) is 16.4. The van der Waals surface area contributed by atoms with Crippen molar-refractivity contribution >= 4 is 28.3 Å². The summed E-state index contributed by atoms with van der Waals surface area (Å²) in [4.78, 5) is 18.2. The smallest absolute Gasteiger partial charge is 0.223 e. The molecule has 1 unspecified atom stereocenters. The average Bonchev–Trinajstić information content (AvgIpc) is 2.96. The van der Waals surface area contributed by atoms with E-state index in [1.54, 1.807) is 24.1 Å². The Bertz CT molecular complexity index is 1080. The average molecular weight is 382 g/mol. The number of nitrogens with one attached hydrogen (secondary N) is 1. The summed E-state index contributed by atoms with van der Waals surface area (Å²) in [6, 6.07) is 8.48. The maximum Gasteiger partial charge on any atom is 0.223 e. The van der Waals surface area contributed by atoms with Crippen molar-refractivity contribution in [3.05, 3.63) is 47.5 Å². The van der Waals surface area contributed by atoms with E-state index in [1.807, 2.05) is 30.7 Å². The first-order valence-corrected chi connectivity index (χ1v) is 9.26. The number of ether oxygens (including phenoxy) is 1. The summed E-state index contributed by atoms with van der Waals surface area (Å²) >= 11 is 0. The number of carbonyl (C=O) groups is 1. The van der Waals surface area contributed by atoms with Crippen LogP contribution in [-0.4, -0.2) is 29.1 Å². The highest BCUT2D eigenvalue weighted by Gasteiger charge is 2.26. The monoisotopic (exact) mass is 382 g/mol. The summed E-state index contributed by atoms with van der Waals surface area (Å²) in [7, 11) is 3.68. The number of aromatic nitrogens is 2. The van der Waals surface area contributed by atoms with Crippen LogP contribution < -0.4 is 15.0 Å². The minimum atomic E-state index is -0.292. The molecular weight excluding hydrogens is 359 g/mol. The van der Waals surface area contributed by atoms with Gasteiger partial charge in [-0.15, -0.1) is 0 Å². The zero-order valence-corrected chi connectivity index (χ0v) is 16.4. The molecule has 28 heavy (non-hydrogen) atoms. The Morgan fingerprint density at radius 3 is 2.93 bits per heavy atom. The molecule has 0 saturated heterocycles. The standard InChI is InChI=1S/C21H23FN4O2/c1-12-23-21-17(10-14(26(4)13(2)27)11-18(21)25(12)3)24-16-8-9-28-19-7-5-6-15(22)20(16)19/h5-7,10-11,16,24H,8-9H2,1-4H3. The summed E-state index contributed by atoms with van der Waals surface area (Å²) < 4.78 is 22.1. The predicted molar refractivity (Wildman–Crippen MR) is 107 cm³/mol. The molecule has 0 radical (unpaired) electrons. The molecular formula is C21H23FN4O2. The molecule has 146 valence electrons. The molecule has 3 aromatic rings. The van der Waals surface area contributed by atoms with Gasteiger partial charge in [0.1, 0.15) is 22.9 Å². The van der Waals surface area contributed by atoms with Gasteiger partial charge in [-0.1, -0.05) is 6.07 Å². The van der Waals surface area contributed by atoms with Crippen molar-refractivity contribution in [2.75, 3.05) is 23.9 Å². The van der Waals surface area contributed by atoms with Gasteiger partial charge in [0.2, 0.25) is 5.91 Å². The lowest BCUT2D eigenvalue weighted by Crippen LogP contribution is -2.24. The fourth-order valence-electron chi connectivity index (χ4n) is 3.62. The Morgan fingerprint density at radius 2 is 2.18 bits per heavy atom. The van der Waals surface area contributed by atoms with E-state index in [9.17, 15) is 9.18 Å². The number of imidazole rings is 1. The number of rotatable bonds is 3. The van der Waals surface area contributed by atoms with Crippen molar-refractivity contribution in [2.24, 2.45) is 7.05 Å². The van der Waals surface area contributed by atoms with Crippen molar-refractivity contribution in [2.45, 2.75) is 26.3 Å². The molecule has 4 rings (SSSR count). The van der Waals surface area contributed by atoms with Crippen LogP contribution in [0.3, 0.4) is 0 Å². The first-order valence-electron chi connectivity index (χ1n) is 9.26. The number of carbonyl (C=O) groups excluding carboxylic acids is 1. The maximum atomic E-state index is 14.5. The van der Waals surface area contributed by atoms with E-state index in [1.165, 1.54) is 13.0 Å². The largest absolute Gasteiger partial charge is 0.493 e. The Morgan fingerprint density at radius 1 is 1.39 bits per heavy atom. The summed E-state index contributed by atoms with van der Waals surface area (Å²) in [5, 5.41) is 3.46. The predicted octanol–water partition coefficient (Wildman–Crippen LogP) is 3.94. The summed E-state index contributed by atoms with van der Waals surface area (Å²) in [5.41, 5.74) is 3.76. The molecule has 1 aromatic heterocycles. The molecule has 1 atom stereocenters. The minimum absolute atomic E-state index is 0.0633. The van der Waals surface area contributed by atoms with Crippen molar-refractivity contribution in [1.82, 2.24) is 9.55 Å².